The van der Waals surface area contributed by atoms with Crippen LogP contribution in [-0.4, -0.2) is 48.9 Å². The quantitative estimate of drug-likeness (QED) is 0.828. The lowest BCUT2D eigenvalue weighted by Gasteiger charge is -2.24. The molecule has 2 aliphatic heterocycles. The van der Waals surface area contributed by atoms with Crippen molar-refractivity contribution >= 4 is 11.8 Å². The van der Waals surface area contributed by atoms with Gasteiger partial charge in [0.15, 0.2) is 0 Å². The Kier molecular flexibility index (Phi) is 5.86. The third kappa shape index (κ3) is 4.35. The predicted molar refractivity (Wildman–Crippen MR) is 93.5 cm³/mol. The van der Waals surface area contributed by atoms with Gasteiger partial charge in [-0.2, -0.15) is 0 Å². The minimum absolute atomic E-state index is 0.0138. The van der Waals surface area contributed by atoms with E-state index in [1.165, 1.54) is 6.42 Å². The van der Waals surface area contributed by atoms with Crippen molar-refractivity contribution < 1.29 is 9.59 Å². The maximum atomic E-state index is 12.6. The number of nitrogens with zero attached hydrogens (tertiary/aromatic N) is 1. The summed E-state index contributed by atoms with van der Waals surface area (Å²) in [6, 6.07) is 9.45. The first-order valence-electron chi connectivity index (χ1n) is 9.06. The molecule has 5 nitrogen and oxygen atoms in total. The van der Waals surface area contributed by atoms with Gasteiger partial charge >= 0.3 is 0 Å². The number of amides is 2. The predicted octanol–water partition coefficient (Wildman–Crippen LogP) is 1.34. The Bertz CT molecular complexity index is 555. The summed E-state index contributed by atoms with van der Waals surface area (Å²) in [6.07, 6.45) is 4.27. The molecule has 1 aromatic carbocycles. The second-order valence-electron chi connectivity index (χ2n) is 6.85. The van der Waals surface area contributed by atoms with E-state index in [1.54, 1.807) is 4.90 Å². The van der Waals surface area contributed by atoms with Gasteiger partial charge in [-0.15, -0.1) is 0 Å². The molecule has 0 bridgehead atoms. The molecule has 2 fully saturated rings. The zero-order chi connectivity index (χ0) is 16.8. The highest BCUT2D eigenvalue weighted by Crippen LogP contribution is 2.19. The average Bonchev–Trinajstić information content (AvgIpc) is 3.27. The van der Waals surface area contributed by atoms with Gasteiger partial charge in [-0.25, -0.2) is 0 Å². The van der Waals surface area contributed by atoms with Crippen molar-refractivity contribution in [2.75, 3.05) is 26.2 Å². The lowest BCUT2D eigenvalue weighted by molar-refractivity contribution is -0.138. The Morgan fingerprint density at radius 1 is 1.21 bits per heavy atom. The number of hydrogen-bond donors (Lipinski definition) is 2. The Balaban J connectivity index is 1.48. The maximum absolute atomic E-state index is 12.6. The van der Waals surface area contributed by atoms with Gasteiger partial charge < -0.3 is 15.5 Å². The monoisotopic (exact) mass is 329 g/mol. The van der Waals surface area contributed by atoms with Crippen molar-refractivity contribution in [3.63, 3.8) is 0 Å². The number of hydrogen-bond acceptors (Lipinski definition) is 3. The molecule has 0 radical (unpaired) electrons. The van der Waals surface area contributed by atoms with E-state index in [9.17, 15) is 9.59 Å². The summed E-state index contributed by atoms with van der Waals surface area (Å²) >= 11 is 0. The van der Waals surface area contributed by atoms with Gasteiger partial charge in [-0.3, -0.25) is 9.59 Å². The molecule has 130 valence electrons. The fourth-order valence-corrected chi connectivity index (χ4v) is 3.69. The number of rotatable bonds is 6. The molecule has 24 heavy (non-hydrogen) atoms. The van der Waals surface area contributed by atoms with Gasteiger partial charge in [0.1, 0.15) is 6.04 Å². The summed E-state index contributed by atoms with van der Waals surface area (Å²) in [6.45, 7) is 3.54. The molecule has 5 heteroatoms. The van der Waals surface area contributed by atoms with Crippen LogP contribution in [-0.2, 0) is 16.0 Å². The average molecular weight is 329 g/mol. The van der Waals surface area contributed by atoms with Crippen LogP contribution in [0.15, 0.2) is 30.3 Å². The van der Waals surface area contributed by atoms with E-state index >= 15 is 0 Å². The van der Waals surface area contributed by atoms with E-state index in [-0.39, 0.29) is 17.9 Å². The molecule has 0 saturated carbocycles. The van der Waals surface area contributed by atoms with Crippen molar-refractivity contribution in [3.05, 3.63) is 35.9 Å². The van der Waals surface area contributed by atoms with E-state index in [0.717, 1.165) is 37.9 Å². The molecule has 2 amide bonds. The molecular weight excluding hydrogens is 302 g/mol. The molecule has 2 atom stereocenters. The largest absolute Gasteiger partial charge is 0.354 e. The standard InChI is InChI=1S/C19H27N3O2/c23-18(13-15-5-2-1-3-6-15)22-12-4-7-17(22)19(24)21-11-9-16-8-10-20-14-16/h1-3,5-6,16-17,20H,4,7-14H2,(H,21,24). The molecule has 0 spiro atoms. The van der Waals surface area contributed by atoms with Gasteiger partial charge in [0.2, 0.25) is 11.8 Å². The number of likely N-dealkylation sites (tertiary alicyclic amines) is 1. The van der Waals surface area contributed by atoms with Crippen LogP contribution in [0.5, 0.6) is 0 Å². The number of benzene rings is 1. The first-order valence-corrected chi connectivity index (χ1v) is 9.06. The van der Waals surface area contributed by atoms with Crippen LogP contribution in [0.25, 0.3) is 0 Å². The Morgan fingerprint density at radius 2 is 2.04 bits per heavy atom. The van der Waals surface area contributed by atoms with Crippen molar-refractivity contribution in [3.8, 4) is 0 Å². The first-order chi connectivity index (χ1) is 11.7. The summed E-state index contributed by atoms with van der Waals surface area (Å²) in [5, 5.41) is 6.38. The van der Waals surface area contributed by atoms with Gasteiger partial charge in [-0.05, 0) is 50.3 Å². The third-order valence-electron chi connectivity index (χ3n) is 5.09. The molecule has 1 aromatic rings. The van der Waals surface area contributed by atoms with Crippen molar-refractivity contribution in [1.82, 2.24) is 15.5 Å². The number of carbonyl (C=O) groups excluding carboxylic acids is 2. The Labute approximate surface area is 143 Å². The minimum Gasteiger partial charge on any atom is -0.354 e. The first kappa shape index (κ1) is 17.0. The highest BCUT2D eigenvalue weighted by atomic mass is 16.2. The van der Waals surface area contributed by atoms with Crippen LogP contribution < -0.4 is 10.6 Å². The normalized spacial score (nSPS) is 23.4. The molecule has 2 saturated heterocycles. The molecular formula is C19H27N3O2. The smallest absolute Gasteiger partial charge is 0.242 e. The maximum Gasteiger partial charge on any atom is 0.242 e. The molecule has 3 rings (SSSR count). The highest BCUT2D eigenvalue weighted by molar-refractivity contribution is 5.89. The summed E-state index contributed by atoms with van der Waals surface area (Å²) in [7, 11) is 0. The number of carbonyl (C=O) groups is 2. The van der Waals surface area contributed by atoms with Gasteiger partial charge in [-0.1, -0.05) is 30.3 Å². The van der Waals surface area contributed by atoms with Crippen LogP contribution >= 0.6 is 0 Å². The van der Waals surface area contributed by atoms with E-state index < -0.39 is 0 Å². The van der Waals surface area contributed by atoms with Crippen LogP contribution in [0.3, 0.4) is 0 Å². The Hall–Kier alpha value is -1.88. The lowest BCUT2D eigenvalue weighted by Crippen LogP contribution is -2.46. The van der Waals surface area contributed by atoms with Crippen LogP contribution in [0.2, 0.25) is 0 Å². The summed E-state index contributed by atoms with van der Waals surface area (Å²) in [5.41, 5.74) is 1.00. The zero-order valence-electron chi connectivity index (χ0n) is 14.2. The fraction of sp³-hybridized carbons (Fsp3) is 0.579. The molecule has 2 aliphatic rings. The molecule has 2 heterocycles. The SMILES string of the molecule is O=C(NCCC1CCNC1)C1CCCN1C(=O)Cc1ccccc1. The van der Waals surface area contributed by atoms with Crippen LogP contribution in [0.1, 0.15) is 31.2 Å². The van der Waals surface area contributed by atoms with Gasteiger partial charge in [0.25, 0.3) is 0 Å². The van der Waals surface area contributed by atoms with Crippen LogP contribution in [0.4, 0.5) is 0 Å². The molecule has 2 N–H and O–H groups in total. The van der Waals surface area contributed by atoms with Crippen molar-refractivity contribution in [2.45, 2.75) is 38.1 Å². The second-order valence-corrected chi connectivity index (χ2v) is 6.85. The molecule has 0 aromatic heterocycles. The van der Waals surface area contributed by atoms with E-state index in [1.807, 2.05) is 30.3 Å². The Morgan fingerprint density at radius 3 is 2.79 bits per heavy atom. The van der Waals surface area contributed by atoms with E-state index in [2.05, 4.69) is 10.6 Å². The van der Waals surface area contributed by atoms with E-state index in [4.69, 9.17) is 0 Å². The third-order valence-corrected chi connectivity index (χ3v) is 5.09. The summed E-state index contributed by atoms with van der Waals surface area (Å²) < 4.78 is 0. The fourth-order valence-electron chi connectivity index (χ4n) is 3.69. The highest BCUT2D eigenvalue weighted by Gasteiger charge is 2.33. The molecule has 2 unspecified atom stereocenters. The van der Waals surface area contributed by atoms with Crippen molar-refractivity contribution in [1.29, 1.82) is 0 Å². The van der Waals surface area contributed by atoms with Crippen molar-refractivity contribution in [2.24, 2.45) is 5.92 Å². The summed E-state index contributed by atoms with van der Waals surface area (Å²) in [5.74, 6) is 0.739. The molecule has 0 aliphatic carbocycles. The van der Waals surface area contributed by atoms with Crippen LogP contribution in [0, 0.1) is 5.92 Å². The van der Waals surface area contributed by atoms with Gasteiger partial charge in [0.05, 0.1) is 6.42 Å². The minimum atomic E-state index is -0.289. The topological polar surface area (TPSA) is 61.4 Å². The summed E-state index contributed by atoms with van der Waals surface area (Å²) in [4.78, 5) is 26.8. The lowest BCUT2D eigenvalue weighted by atomic mass is 10.1. The van der Waals surface area contributed by atoms with Gasteiger partial charge in [0, 0.05) is 13.1 Å². The number of nitrogens with one attached hydrogen (secondary N) is 2. The van der Waals surface area contributed by atoms with E-state index in [0.29, 0.717) is 25.4 Å². The second kappa shape index (κ2) is 8.29. The zero-order valence-corrected chi connectivity index (χ0v) is 14.2.